The number of aryl methyl sites for hydroxylation is 1. The molecule has 0 spiro atoms. The van der Waals surface area contributed by atoms with Crippen molar-refractivity contribution in [3.05, 3.63) is 35.4 Å². The van der Waals surface area contributed by atoms with E-state index in [1.54, 1.807) is 0 Å². The normalized spacial score (nSPS) is 10.5. The predicted octanol–water partition coefficient (Wildman–Crippen LogP) is -1.86. The van der Waals surface area contributed by atoms with Gasteiger partial charge in [0.15, 0.2) is 7.85 Å². The van der Waals surface area contributed by atoms with Crippen LogP contribution in [0.15, 0.2) is 24.3 Å². The summed E-state index contributed by atoms with van der Waals surface area (Å²) < 4.78 is 0. The van der Waals surface area contributed by atoms with Gasteiger partial charge in [-0.15, -0.1) is 0 Å². The molecule has 17 heavy (non-hydrogen) atoms. The van der Waals surface area contributed by atoms with Crippen molar-refractivity contribution < 1.29 is 0 Å². The second-order valence-electron chi connectivity index (χ2n) is 4.79. The van der Waals surface area contributed by atoms with E-state index in [9.17, 15) is 0 Å². The molecule has 0 aliphatic carbocycles. The van der Waals surface area contributed by atoms with Crippen molar-refractivity contribution in [2.75, 3.05) is 0 Å². The molecule has 2 rings (SSSR count). The Kier molecular flexibility index (Phi) is 3.14. The monoisotopic (exact) mass is 219 g/mol. The molecule has 0 fully saturated rings. The molecule has 0 unspecified atom stereocenters. The molecule has 1 heterocycles. The second-order valence-corrected chi connectivity index (χ2v) is 4.79. The standard InChI is InChI=1S/C13H16B3N/c1-7-3-5-9(6-4-7)12-10(14)8(2)11(15)13(16)17-12/h3-6H,14-16H2,1-2H3. The van der Waals surface area contributed by atoms with Gasteiger partial charge >= 0.3 is 0 Å². The minimum Gasteiger partial charge on any atom is -0.265 e. The number of aromatic nitrogens is 1. The van der Waals surface area contributed by atoms with Crippen molar-refractivity contribution >= 4 is 40.1 Å². The summed E-state index contributed by atoms with van der Waals surface area (Å²) in [6.45, 7) is 4.28. The van der Waals surface area contributed by atoms with Crippen LogP contribution in [0, 0.1) is 13.8 Å². The van der Waals surface area contributed by atoms with Gasteiger partial charge in [0.1, 0.15) is 15.7 Å². The van der Waals surface area contributed by atoms with Crippen LogP contribution >= 0.6 is 0 Å². The third-order valence-electron chi connectivity index (χ3n) is 3.63. The van der Waals surface area contributed by atoms with E-state index in [4.69, 9.17) is 4.98 Å². The van der Waals surface area contributed by atoms with E-state index in [0.717, 1.165) is 11.3 Å². The number of rotatable bonds is 1. The number of nitrogens with zero attached hydrogens (tertiary/aromatic N) is 1. The quantitative estimate of drug-likeness (QED) is 0.512. The third-order valence-corrected chi connectivity index (χ3v) is 3.63. The largest absolute Gasteiger partial charge is 0.265 e. The predicted molar refractivity (Wildman–Crippen MR) is 83.7 cm³/mol. The Labute approximate surface area is 106 Å². The molecular weight excluding hydrogens is 203 g/mol. The van der Waals surface area contributed by atoms with Gasteiger partial charge in [-0.2, -0.15) is 0 Å². The molecule has 0 radical (unpaired) electrons. The first-order valence-electron chi connectivity index (χ1n) is 6.02. The Morgan fingerprint density at radius 1 is 0.882 bits per heavy atom. The maximum absolute atomic E-state index is 4.73. The molecular formula is C13H16B3N. The second kappa shape index (κ2) is 4.44. The van der Waals surface area contributed by atoms with Crippen LogP contribution < -0.4 is 16.5 Å². The van der Waals surface area contributed by atoms with E-state index < -0.39 is 0 Å². The average Bonchev–Trinajstić information content (AvgIpc) is 2.32. The van der Waals surface area contributed by atoms with E-state index in [2.05, 4.69) is 61.7 Å². The van der Waals surface area contributed by atoms with Gasteiger partial charge < -0.3 is 0 Å². The summed E-state index contributed by atoms with van der Waals surface area (Å²) in [5.41, 5.74) is 8.68. The van der Waals surface area contributed by atoms with Crippen LogP contribution in [0.4, 0.5) is 0 Å². The number of hydrogen-bond acceptors (Lipinski definition) is 1. The molecule has 2 aromatic rings. The molecule has 0 bridgehead atoms. The van der Waals surface area contributed by atoms with Gasteiger partial charge in [-0.1, -0.05) is 46.3 Å². The third kappa shape index (κ3) is 2.17. The first kappa shape index (κ1) is 12.0. The van der Waals surface area contributed by atoms with Gasteiger partial charge in [0.2, 0.25) is 0 Å². The highest BCUT2D eigenvalue weighted by Crippen LogP contribution is 2.14. The summed E-state index contributed by atoms with van der Waals surface area (Å²) >= 11 is 0. The average molecular weight is 219 g/mol. The SMILES string of the molecule is Bc1nc(-c2ccc(C)cc2)c(B)c(C)c1B. The first-order valence-corrected chi connectivity index (χ1v) is 6.02. The van der Waals surface area contributed by atoms with Crippen molar-refractivity contribution in [1.82, 2.24) is 4.98 Å². The molecule has 0 aliphatic rings. The van der Waals surface area contributed by atoms with E-state index in [-0.39, 0.29) is 0 Å². The summed E-state index contributed by atoms with van der Waals surface area (Å²) in [6.07, 6.45) is 0. The van der Waals surface area contributed by atoms with Crippen LogP contribution in [-0.2, 0) is 0 Å². The molecule has 4 heteroatoms. The lowest BCUT2D eigenvalue weighted by atomic mass is 9.75. The van der Waals surface area contributed by atoms with Crippen LogP contribution in [0.25, 0.3) is 11.3 Å². The van der Waals surface area contributed by atoms with E-state index in [1.165, 1.54) is 27.6 Å². The van der Waals surface area contributed by atoms with Gasteiger partial charge in [0.05, 0.1) is 5.69 Å². The van der Waals surface area contributed by atoms with Gasteiger partial charge in [-0.3, -0.25) is 4.98 Å². The maximum Gasteiger partial charge on any atom is 0.163 e. The Balaban J connectivity index is 2.64. The Morgan fingerprint density at radius 2 is 1.47 bits per heavy atom. The van der Waals surface area contributed by atoms with Crippen molar-refractivity contribution in [1.29, 1.82) is 0 Å². The fraction of sp³-hybridized carbons (Fsp3) is 0.154. The highest BCUT2D eigenvalue weighted by Gasteiger charge is 2.09. The van der Waals surface area contributed by atoms with Crippen LogP contribution in [0.3, 0.4) is 0 Å². The van der Waals surface area contributed by atoms with Gasteiger partial charge in [-0.25, -0.2) is 0 Å². The van der Waals surface area contributed by atoms with Crippen LogP contribution in [0.2, 0.25) is 0 Å². The zero-order chi connectivity index (χ0) is 12.6. The Hall–Kier alpha value is -1.44. The molecule has 0 aliphatic heterocycles. The zero-order valence-corrected chi connectivity index (χ0v) is 11.3. The van der Waals surface area contributed by atoms with Crippen molar-refractivity contribution in [3.63, 3.8) is 0 Å². The molecule has 0 N–H and O–H groups in total. The van der Waals surface area contributed by atoms with Crippen molar-refractivity contribution in [2.45, 2.75) is 13.8 Å². The Morgan fingerprint density at radius 3 is 2.06 bits per heavy atom. The minimum atomic E-state index is 1.12. The fourth-order valence-electron chi connectivity index (χ4n) is 2.06. The molecule has 1 aromatic heterocycles. The fourth-order valence-corrected chi connectivity index (χ4v) is 2.06. The molecule has 82 valence electrons. The molecule has 0 saturated carbocycles. The van der Waals surface area contributed by atoms with E-state index in [1.807, 2.05) is 0 Å². The smallest absolute Gasteiger partial charge is 0.163 e. The van der Waals surface area contributed by atoms with Crippen LogP contribution in [-0.4, -0.2) is 28.5 Å². The molecule has 1 aromatic carbocycles. The van der Waals surface area contributed by atoms with Gasteiger partial charge in [-0.05, 0) is 25.0 Å². The highest BCUT2D eigenvalue weighted by atomic mass is 14.7. The van der Waals surface area contributed by atoms with E-state index in [0.29, 0.717) is 0 Å². The molecule has 0 atom stereocenters. The minimum absolute atomic E-state index is 1.12. The zero-order valence-electron chi connectivity index (χ0n) is 11.3. The molecule has 1 nitrogen and oxygen atoms in total. The maximum atomic E-state index is 4.73. The lowest BCUT2D eigenvalue weighted by Crippen LogP contribution is -2.37. The summed E-state index contributed by atoms with van der Waals surface area (Å²) in [7, 11) is 6.38. The summed E-state index contributed by atoms with van der Waals surface area (Å²) in [6, 6.07) is 8.58. The molecule has 0 saturated heterocycles. The van der Waals surface area contributed by atoms with Crippen molar-refractivity contribution in [3.8, 4) is 11.3 Å². The Bertz CT molecular complexity index is 562. The lowest BCUT2D eigenvalue weighted by Gasteiger charge is -2.14. The number of pyridine rings is 1. The van der Waals surface area contributed by atoms with Crippen molar-refractivity contribution in [2.24, 2.45) is 0 Å². The topological polar surface area (TPSA) is 12.9 Å². The summed E-state index contributed by atoms with van der Waals surface area (Å²) in [5, 5.41) is 0. The number of benzene rings is 1. The van der Waals surface area contributed by atoms with Crippen LogP contribution in [0.5, 0.6) is 0 Å². The molecule has 0 amide bonds. The number of hydrogen-bond donors (Lipinski definition) is 0. The van der Waals surface area contributed by atoms with E-state index >= 15 is 0 Å². The summed E-state index contributed by atoms with van der Waals surface area (Å²) in [4.78, 5) is 4.73. The highest BCUT2D eigenvalue weighted by molar-refractivity contribution is 6.50. The lowest BCUT2D eigenvalue weighted by molar-refractivity contribution is 1.37. The van der Waals surface area contributed by atoms with Gasteiger partial charge in [0, 0.05) is 0 Å². The van der Waals surface area contributed by atoms with Crippen LogP contribution in [0.1, 0.15) is 11.1 Å². The van der Waals surface area contributed by atoms with Gasteiger partial charge in [0.25, 0.3) is 0 Å². The first-order chi connectivity index (χ1) is 8.00. The summed E-state index contributed by atoms with van der Waals surface area (Å²) in [5.74, 6) is 0.